The van der Waals surface area contributed by atoms with Gasteiger partial charge in [-0.3, -0.25) is 5.43 Å². The second-order valence-corrected chi connectivity index (χ2v) is 4.43. The minimum atomic E-state index is 0.127. The number of anilines is 1. The van der Waals surface area contributed by atoms with Crippen LogP contribution < -0.4 is 5.43 Å². The summed E-state index contributed by atoms with van der Waals surface area (Å²) < 4.78 is 0. The van der Waals surface area contributed by atoms with E-state index in [1.807, 2.05) is 37.3 Å². The smallest absolute Gasteiger partial charge is 0.0561 e. The van der Waals surface area contributed by atoms with E-state index in [4.69, 9.17) is 0 Å². The number of hydrazone groups is 1. The van der Waals surface area contributed by atoms with E-state index in [9.17, 15) is 0 Å². The highest BCUT2D eigenvalue weighted by atomic mass is 15.3. The first-order valence-electron chi connectivity index (χ1n) is 4.86. The third kappa shape index (κ3) is 3.21. The molecule has 76 valence electrons. The number of benzene rings is 1. The van der Waals surface area contributed by atoms with Gasteiger partial charge in [-0.1, -0.05) is 39.0 Å². The van der Waals surface area contributed by atoms with Crippen LogP contribution in [-0.4, -0.2) is 5.71 Å². The summed E-state index contributed by atoms with van der Waals surface area (Å²) in [5.41, 5.74) is 5.29. The minimum Gasteiger partial charge on any atom is -0.279 e. The Labute approximate surface area is 86.0 Å². The van der Waals surface area contributed by atoms with Gasteiger partial charge in [0.05, 0.1) is 5.69 Å². The summed E-state index contributed by atoms with van der Waals surface area (Å²) in [4.78, 5) is 0. The molecule has 14 heavy (non-hydrogen) atoms. The van der Waals surface area contributed by atoms with Crippen LogP contribution >= 0.6 is 0 Å². The van der Waals surface area contributed by atoms with Crippen LogP contribution in [0.25, 0.3) is 0 Å². The van der Waals surface area contributed by atoms with Gasteiger partial charge in [0.1, 0.15) is 0 Å². The quantitative estimate of drug-likeness (QED) is 0.560. The van der Waals surface area contributed by atoms with Crippen molar-refractivity contribution in [3.8, 4) is 0 Å². The lowest BCUT2D eigenvalue weighted by Gasteiger charge is -2.17. The fraction of sp³-hybridized carbons (Fsp3) is 0.417. The van der Waals surface area contributed by atoms with Crippen LogP contribution in [0, 0.1) is 5.41 Å². The van der Waals surface area contributed by atoms with Gasteiger partial charge in [0, 0.05) is 11.1 Å². The predicted molar refractivity (Wildman–Crippen MR) is 62.6 cm³/mol. The number of rotatable bonds is 2. The molecule has 2 heteroatoms. The molecule has 0 saturated heterocycles. The van der Waals surface area contributed by atoms with Crippen molar-refractivity contribution in [1.82, 2.24) is 0 Å². The average Bonchev–Trinajstić information content (AvgIpc) is 2.14. The Morgan fingerprint density at radius 2 is 1.71 bits per heavy atom. The van der Waals surface area contributed by atoms with Gasteiger partial charge in [-0.15, -0.1) is 0 Å². The van der Waals surface area contributed by atoms with Gasteiger partial charge in [0.25, 0.3) is 0 Å². The zero-order valence-electron chi connectivity index (χ0n) is 9.33. The summed E-state index contributed by atoms with van der Waals surface area (Å²) in [6, 6.07) is 9.97. The molecule has 0 aromatic heterocycles. The zero-order valence-corrected chi connectivity index (χ0v) is 9.33. The lowest BCUT2D eigenvalue weighted by molar-refractivity contribution is 0.587. The summed E-state index contributed by atoms with van der Waals surface area (Å²) in [6.45, 7) is 8.49. The summed E-state index contributed by atoms with van der Waals surface area (Å²) in [7, 11) is 0. The van der Waals surface area contributed by atoms with Gasteiger partial charge in [-0.2, -0.15) is 5.10 Å². The predicted octanol–water partition coefficient (Wildman–Crippen LogP) is 3.52. The minimum absolute atomic E-state index is 0.127. The Morgan fingerprint density at radius 1 is 1.14 bits per heavy atom. The molecule has 0 atom stereocenters. The van der Waals surface area contributed by atoms with Crippen LogP contribution in [0.2, 0.25) is 0 Å². The second kappa shape index (κ2) is 4.27. The molecule has 1 aromatic carbocycles. The third-order valence-corrected chi connectivity index (χ3v) is 2.21. The second-order valence-electron chi connectivity index (χ2n) is 4.43. The molecule has 0 amide bonds. The lowest BCUT2D eigenvalue weighted by atomic mass is 9.91. The third-order valence-electron chi connectivity index (χ3n) is 2.21. The molecular formula is C12H18N2. The average molecular weight is 190 g/mol. The summed E-state index contributed by atoms with van der Waals surface area (Å²) >= 11 is 0. The fourth-order valence-electron chi connectivity index (χ4n) is 0.829. The number of hydrogen-bond donors (Lipinski definition) is 1. The number of nitrogens with one attached hydrogen (secondary N) is 1. The first-order valence-corrected chi connectivity index (χ1v) is 4.86. The Bertz CT molecular complexity index is 307. The molecular weight excluding hydrogens is 172 g/mol. The van der Waals surface area contributed by atoms with Crippen molar-refractivity contribution < 1.29 is 0 Å². The monoisotopic (exact) mass is 190 g/mol. The van der Waals surface area contributed by atoms with Crippen LogP contribution in [0.3, 0.4) is 0 Å². The van der Waals surface area contributed by atoms with Crippen LogP contribution in [0.4, 0.5) is 5.69 Å². The summed E-state index contributed by atoms with van der Waals surface area (Å²) in [5.74, 6) is 0. The summed E-state index contributed by atoms with van der Waals surface area (Å²) in [6.07, 6.45) is 0. The van der Waals surface area contributed by atoms with Gasteiger partial charge in [0.2, 0.25) is 0 Å². The Hall–Kier alpha value is -1.31. The number of hydrogen-bond acceptors (Lipinski definition) is 2. The van der Waals surface area contributed by atoms with Crippen molar-refractivity contribution in [2.75, 3.05) is 5.43 Å². The molecule has 0 radical (unpaired) electrons. The van der Waals surface area contributed by atoms with Gasteiger partial charge in [-0.05, 0) is 19.1 Å². The van der Waals surface area contributed by atoms with Crippen LogP contribution in [0.5, 0.6) is 0 Å². The maximum absolute atomic E-state index is 4.33. The zero-order chi connectivity index (χ0) is 10.6. The van der Waals surface area contributed by atoms with Gasteiger partial charge >= 0.3 is 0 Å². The highest BCUT2D eigenvalue weighted by Gasteiger charge is 2.13. The number of nitrogens with zero attached hydrogens (tertiary/aromatic N) is 1. The van der Waals surface area contributed by atoms with Crippen molar-refractivity contribution in [2.24, 2.45) is 10.5 Å². The molecule has 0 spiro atoms. The topological polar surface area (TPSA) is 24.4 Å². The Kier molecular flexibility index (Phi) is 3.28. The van der Waals surface area contributed by atoms with E-state index in [1.165, 1.54) is 0 Å². The summed E-state index contributed by atoms with van der Waals surface area (Å²) in [5, 5.41) is 4.33. The van der Waals surface area contributed by atoms with E-state index in [0.717, 1.165) is 11.4 Å². The molecule has 0 fully saturated rings. The van der Waals surface area contributed by atoms with Crippen molar-refractivity contribution in [3.63, 3.8) is 0 Å². The van der Waals surface area contributed by atoms with Crippen LogP contribution in [0.15, 0.2) is 35.4 Å². The molecule has 1 aromatic rings. The Balaban J connectivity index is 2.65. The van der Waals surface area contributed by atoms with Crippen LogP contribution in [0.1, 0.15) is 27.7 Å². The molecule has 0 aliphatic carbocycles. The lowest BCUT2D eigenvalue weighted by Crippen LogP contribution is -2.18. The molecule has 1 N–H and O–H groups in total. The molecule has 1 rings (SSSR count). The van der Waals surface area contributed by atoms with Gasteiger partial charge in [-0.25, -0.2) is 0 Å². The van der Waals surface area contributed by atoms with Crippen molar-refractivity contribution in [3.05, 3.63) is 30.3 Å². The molecule has 0 unspecified atom stereocenters. The maximum Gasteiger partial charge on any atom is 0.0561 e. The molecule has 0 aliphatic rings. The van der Waals surface area contributed by atoms with Crippen molar-refractivity contribution in [1.29, 1.82) is 0 Å². The molecule has 0 heterocycles. The van der Waals surface area contributed by atoms with E-state index in [1.54, 1.807) is 0 Å². The van der Waals surface area contributed by atoms with E-state index in [0.29, 0.717) is 0 Å². The van der Waals surface area contributed by atoms with E-state index in [-0.39, 0.29) is 5.41 Å². The van der Waals surface area contributed by atoms with Crippen molar-refractivity contribution in [2.45, 2.75) is 27.7 Å². The van der Waals surface area contributed by atoms with Gasteiger partial charge < -0.3 is 0 Å². The van der Waals surface area contributed by atoms with E-state index >= 15 is 0 Å². The highest BCUT2D eigenvalue weighted by Crippen LogP contribution is 2.16. The molecule has 0 saturated carbocycles. The molecule has 2 nitrogen and oxygen atoms in total. The normalized spacial score (nSPS) is 12.7. The van der Waals surface area contributed by atoms with E-state index in [2.05, 4.69) is 31.3 Å². The first kappa shape index (κ1) is 10.8. The highest BCUT2D eigenvalue weighted by molar-refractivity contribution is 5.87. The standard InChI is InChI=1S/C12H18N2/c1-10(12(2,3)4)13-14-11-8-6-5-7-9-11/h5-9,14H,1-4H3/b13-10+. The fourth-order valence-corrected chi connectivity index (χ4v) is 0.829. The molecule has 0 aliphatic heterocycles. The van der Waals surface area contributed by atoms with Crippen molar-refractivity contribution >= 4 is 11.4 Å². The SMILES string of the molecule is C/C(=N\Nc1ccccc1)C(C)(C)C. The number of para-hydroxylation sites is 1. The first-order chi connectivity index (χ1) is 6.50. The Morgan fingerprint density at radius 3 is 2.21 bits per heavy atom. The maximum atomic E-state index is 4.33. The molecule has 0 bridgehead atoms. The van der Waals surface area contributed by atoms with Crippen LogP contribution in [-0.2, 0) is 0 Å². The van der Waals surface area contributed by atoms with Gasteiger partial charge in [0.15, 0.2) is 0 Å². The largest absolute Gasteiger partial charge is 0.279 e. The van der Waals surface area contributed by atoms with E-state index < -0.39 is 0 Å².